The molecule has 1 aliphatic rings. The molecule has 1 aromatic carbocycles. The van der Waals surface area contributed by atoms with Crippen LogP contribution in [0.3, 0.4) is 0 Å². The molecule has 0 aliphatic carbocycles. The van der Waals surface area contributed by atoms with Gasteiger partial charge < -0.3 is 14.2 Å². The fourth-order valence-corrected chi connectivity index (χ4v) is 4.61. The van der Waals surface area contributed by atoms with Gasteiger partial charge in [0.1, 0.15) is 5.75 Å². The van der Waals surface area contributed by atoms with E-state index in [-0.39, 0.29) is 5.56 Å². The molecular weight excluding hydrogens is 398 g/mol. The summed E-state index contributed by atoms with van der Waals surface area (Å²) in [7, 11) is 1.64. The number of aryl methyl sites for hydroxylation is 1. The summed E-state index contributed by atoms with van der Waals surface area (Å²) >= 11 is 6.24. The van der Waals surface area contributed by atoms with Crippen molar-refractivity contribution in [3.05, 3.63) is 69.6 Å². The lowest BCUT2D eigenvalue weighted by atomic mass is 9.90. The number of piperidine rings is 1. The lowest BCUT2D eigenvalue weighted by Gasteiger charge is -2.32. The van der Waals surface area contributed by atoms with Crippen molar-refractivity contribution in [3.8, 4) is 5.75 Å². The standard InChI is InChI=1S/C24H28ClN3O2/c1-30-23-8-6-19(17-20(23)25)5-4-18-10-13-27(14-11-18)15-16-28-22-3-2-12-26-21(22)7-9-24(28)29/h2-3,6-9,12,17-18H,4-5,10-11,13-16H2,1H3. The summed E-state index contributed by atoms with van der Waals surface area (Å²) in [5, 5.41) is 0.684. The highest BCUT2D eigenvalue weighted by Gasteiger charge is 2.19. The number of ether oxygens (including phenoxy) is 1. The van der Waals surface area contributed by atoms with Crippen LogP contribution >= 0.6 is 11.6 Å². The minimum absolute atomic E-state index is 0.0449. The van der Waals surface area contributed by atoms with Crippen LogP contribution in [0.2, 0.25) is 5.02 Å². The number of nitrogens with zero attached hydrogens (tertiary/aromatic N) is 3. The van der Waals surface area contributed by atoms with Crippen LogP contribution in [0.5, 0.6) is 5.75 Å². The van der Waals surface area contributed by atoms with E-state index in [0.29, 0.717) is 11.6 Å². The van der Waals surface area contributed by atoms with Gasteiger partial charge in [-0.1, -0.05) is 17.7 Å². The van der Waals surface area contributed by atoms with Crippen molar-refractivity contribution in [1.29, 1.82) is 0 Å². The second-order valence-electron chi connectivity index (χ2n) is 8.02. The first-order valence-electron chi connectivity index (χ1n) is 10.6. The number of hydrogen-bond acceptors (Lipinski definition) is 4. The monoisotopic (exact) mass is 425 g/mol. The Bertz CT molecular complexity index is 1060. The number of fused-ring (bicyclic) bond motifs is 1. The van der Waals surface area contributed by atoms with Crippen LogP contribution in [0.25, 0.3) is 11.0 Å². The van der Waals surface area contributed by atoms with Crippen LogP contribution in [-0.4, -0.2) is 41.2 Å². The lowest BCUT2D eigenvalue weighted by molar-refractivity contribution is 0.174. The Balaban J connectivity index is 1.27. The molecule has 0 bridgehead atoms. The van der Waals surface area contributed by atoms with Crippen LogP contribution in [0.1, 0.15) is 24.8 Å². The molecule has 3 heterocycles. The van der Waals surface area contributed by atoms with E-state index in [2.05, 4.69) is 16.0 Å². The van der Waals surface area contributed by atoms with Gasteiger partial charge >= 0.3 is 0 Å². The molecule has 3 aromatic rings. The largest absolute Gasteiger partial charge is 0.495 e. The molecule has 1 saturated heterocycles. The second-order valence-corrected chi connectivity index (χ2v) is 8.43. The topological polar surface area (TPSA) is 47.4 Å². The van der Waals surface area contributed by atoms with Crippen LogP contribution in [-0.2, 0) is 13.0 Å². The number of pyridine rings is 2. The molecule has 1 aliphatic heterocycles. The van der Waals surface area contributed by atoms with Crippen LogP contribution < -0.4 is 10.3 Å². The first kappa shape index (κ1) is 20.9. The van der Waals surface area contributed by atoms with E-state index in [1.165, 1.54) is 24.8 Å². The molecule has 6 heteroatoms. The van der Waals surface area contributed by atoms with Crippen molar-refractivity contribution in [2.45, 2.75) is 32.2 Å². The fraction of sp³-hybridized carbons (Fsp3) is 0.417. The Kier molecular flexibility index (Phi) is 6.70. The molecule has 30 heavy (non-hydrogen) atoms. The SMILES string of the molecule is COc1ccc(CCC2CCN(CCn3c(=O)ccc4ncccc43)CC2)cc1Cl. The zero-order valence-electron chi connectivity index (χ0n) is 17.4. The predicted molar refractivity (Wildman–Crippen MR) is 121 cm³/mol. The van der Waals surface area contributed by atoms with Crippen molar-refractivity contribution < 1.29 is 4.74 Å². The molecule has 0 unspecified atom stereocenters. The number of likely N-dealkylation sites (tertiary alicyclic amines) is 1. The Morgan fingerprint density at radius 1 is 1.13 bits per heavy atom. The molecule has 158 valence electrons. The normalized spacial score (nSPS) is 15.5. The maximum atomic E-state index is 12.3. The van der Waals surface area contributed by atoms with E-state index in [4.69, 9.17) is 16.3 Å². The van der Waals surface area contributed by atoms with E-state index in [1.54, 1.807) is 25.4 Å². The lowest BCUT2D eigenvalue weighted by Crippen LogP contribution is -2.37. The highest BCUT2D eigenvalue weighted by molar-refractivity contribution is 6.32. The highest BCUT2D eigenvalue weighted by atomic mass is 35.5. The predicted octanol–water partition coefficient (Wildman–Crippen LogP) is 4.40. The first-order chi connectivity index (χ1) is 14.6. The van der Waals surface area contributed by atoms with Gasteiger partial charge in [-0.25, -0.2) is 0 Å². The van der Waals surface area contributed by atoms with Crippen molar-refractivity contribution in [1.82, 2.24) is 14.5 Å². The van der Waals surface area contributed by atoms with Crippen LogP contribution in [0.4, 0.5) is 0 Å². The van der Waals surface area contributed by atoms with Gasteiger partial charge in [0.15, 0.2) is 0 Å². The van der Waals surface area contributed by atoms with E-state index in [9.17, 15) is 4.79 Å². The average Bonchev–Trinajstić information content (AvgIpc) is 2.78. The smallest absolute Gasteiger partial charge is 0.251 e. The van der Waals surface area contributed by atoms with Crippen molar-refractivity contribution >= 4 is 22.6 Å². The molecule has 0 radical (unpaired) electrons. The zero-order chi connectivity index (χ0) is 20.9. The quantitative estimate of drug-likeness (QED) is 0.562. The second kappa shape index (κ2) is 9.63. The van der Waals surface area contributed by atoms with E-state index >= 15 is 0 Å². The third-order valence-corrected chi connectivity index (χ3v) is 6.46. The molecule has 4 rings (SSSR count). The zero-order valence-corrected chi connectivity index (χ0v) is 18.1. The van der Waals surface area contributed by atoms with Gasteiger partial charge in [0, 0.05) is 25.4 Å². The summed E-state index contributed by atoms with van der Waals surface area (Å²) in [5.41, 5.74) is 3.10. The average molecular weight is 426 g/mol. The Morgan fingerprint density at radius 3 is 2.73 bits per heavy atom. The van der Waals surface area contributed by atoms with Gasteiger partial charge in [-0.2, -0.15) is 0 Å². The highest BCUT2D eigenvalue weighted by Crippen LogP contribution is 2.27. The molecule has 2 aromatic heterocycles. The summed E-state index contributed by atoms with van der Waals surface area (Å²) in [5.74, 6) is 1.47. The Hall–Kier alpha value is -2.37. The number of aromatic nitrogens is 2. The molecule has 5 nitrogen and oxygen atoms in total. The summed E-state index contributed by atoms with van der Waals surface area (Å²) < 4.78 is 7.08. The van der Waals surface area contributed by atoms with Crippen molar-refractivity contribution in [2.24, 2.45) is 5.92 Å². The third kappa shape index (κ3) is 4.85. The van der Waals surface area contributed by atoms with Crippen molar-refractivity contribution in [3.63, 3.8) is 0 Å². The van der Waals surface area contributed by atoms with E-state index in [1.807, 2.05) is 28.8 Å². The summed E-state index contributed by atoms with van der Waals surface area (Å²) in [6.07, 6.45) is 6.41. The third-order valence-electron chi connectivity index (χ3n) is 6.16. The minimum Gasteiger partial charge on any atom is -0.495 e. The molecule has 0 saturated carbocycles. The molecular formula is C24H28ClN3O2. The first-order valence-corrected chi connectivity index (χ1v) is 11.0. The van der Waals surface area contributed by atoms with Gasteiger partial charge in [-0.15, -0.1) is 0 Å². The minimum atomic E-state index is 0.0449. The van der Waals surface area contributed by atoms with E-state index < -0.39 is 0 Å². The molecule has 0 spiro atoms. The Morgan fingerprint density at radius 2 is 1.97 bits per heavy atom. The summed E-state index contributed by atoms with van der Waals surface area (Å²) in [6.45, 7) is 3.78. The number of methoxy groups -OCH3 is 1. The maximum Gasteiger partial charge on any atom is 0.251 e. The maximum absolute atomic E-state index is 12.3. The van der Waals surface area contributed by atoms with Gasteiger partial charge in [-0.05, 0) is 80.6 Å². The fourth-order valence-electron chi connectivity index (χ4n) is 4.33. The van der Waals surface area contributed by atoms with Crippen molar-refractivity contribution in [2.75, 3.05) is 26.7 Å². The van der Waals surface area contributed by atoms with Crippen LogP contribution in [0.15, 0.2) is 53.5 Å². The number of halogens is 1. The van der Waals surface area contributed by atoms with E-state index in [0.717, 1.165) is 48.8 Å². The number of hydrogen-bond donors (Lipinski definition) is 0. The number of benzene rings is 1. The molecule has 0 N–H and O–H groups in total. The summed E-state index contributed by atoms with van der Waals surface area (Å²) in [6, 6.07) is 13.4. The van der Waals surface area contributed by atoms with Gasteiger partial charge in [0.2, 0.25) is 0 Å². The Labute approximate surface area is 182 Å². The summed E-state index contributed by atoms with van der Waals surface area (Å²) in [4.78, 5) is 19.2. The molecule has 0 atom stereocenters. The number of rotatable bonds is 7. The van der Waals surface area contributed by atoms with Crippen LogP contribution in [0, 0.1) is 5.92 Å². The van der Waals surface area contributed by atoms with Gasteiger partial charge in [0.25, 0.3) is 5.56 Å². The molecule has 0 amide bonds. The molecule has 1 fully saturated rings. The van der Waals surface area contributed by atoms with Gasteiger partial charge in [-0.3, -0.25) is 9.78 Å². The van der Waals surface area contributed by atoms with Gasteiger partial charge in [0.05, 0.1) is 23.2 Å².